The molecular weight excluding hydrogens is 296 g/mol. The van der Waals surface area contributed by atoms with Gasteiger partial charge in [-0.2, -0.15) is 0 Å². The Morgan fingerprint density at radius 3 is 2.38 bits per heavy atom. The van der Waals surface area contributed by atoms with Gasteiger partial charge >= 0.3 is 0 Å². The lowest BCUT2D eigenvalue weighted by Crippen LogP contribution is -2.04. The molecule has 0 unspecified atom stereocenters. The summed E-state index contributed by atoms with van der Waals surface area (Å²) >= 11 is 5.85. The van der Waals surface area contributed by atoms with Gasteiger partial charge in [0.2, 0.25) is 5.43 Å². The van der Waals surface area contributed by atoms with Crippen LogP contribution in [0.15, 0.2) is 45.8 Å². The monoisotopic (exact) mass is 304 g/mol. The van der Waals surface area contributed by atoms with E-state index >= 15 is 0 Å². The zero-order chi connectivity index (χ0) is 15.1. The van der Waals surface area contributed by atoms with Gasteiger partial charge in [0.15, 0.2) is 17.1 Å². The molecule has 0 fully saturated rings. The summed E-state index contributed by atoms with van der Waals surface area (Å²) in [6, 6.07) is 7.12. The van der Waals surface area contributed by atoms with Gasteiger partial charge in [0, 0.05) is 0 Å². The maximum absolute atomic E-state index is 12.5. The second kappa shape index (κ2) is 4.71. The predicted octanol–water partition coefficient (Wildman–Crippen LogP) is 3.23. The molecule has 0 aliphatic carbocycles. The molecule has 2 aromatic carbocycles. The highest BCUT2D eigenvalue weighted by atomic mass is 35.5. The minimum atomic E-state index is -0.537. The van der Waals surface area contributed by atoms with Crippen LogP contribution in [0.3, 0.4) is 0 Å². The largest absolute Gasteiger partial charge is 0.508 e. The lowest BCUT2D eigenvalue weighted by atomic mass is 10.1. The van der Waals surface area contributed by atoms with Crippen molar-refractivity contribution in [2.45, 2.75) is 0 Å². The minimum Gasteiger partial charge on any atom is -0.508 e. The number of rotatable bonds is 1. The summed E-state index contributed by atoms with van der Waals surface area (Å²) in [4.78, 5) is 12.5. The molecule has 106 valence electrons. The van der Waals surface area contributed by atoms with E-state index in [4.69, 9.17) is 16.0 Å². The van der Waals surface area contributed by atoms with Crippen molar-refractivity contribution in [3.05, 3.63) is 51.8 Å². The fraction of sp³-hybridized carbons (Fsp3) is 0. The summed E-state index contributed by atoms with van der Waals surface area (Å²) < 4.78 is 5.31. The normalized spacial score (nSPS) is 10.9. The van der Waals surface area contributed by atoms with Crippen molar-refractivity contribution in [3.8, 4) is 28.4 Å². The number of hydrogen-bond acceptors (Lipinski definition) is 5. The van der Waals surface area contributed by atoms with Gasteiger partial charge < -0.3 is 19.7 Å². The van der Waals surface area contributed by atoms with E-state index in [9.17, 15) is 20.1 Å². The second-order valence-corrected chi connectivity index (χ2v) is 4.84. The highest BCUT2D eigenvalue weighted by molar-refractivity contribution is 6.36. The van der Waals surface area contributed by atoms with Crippen LogP contribution in [0.25, 0.3) is 22.1 Å². The van der Waals surface area contributed by atoms with Crippen LogP contribution < -0.4 is 5.43 Å². The molecule has 21 heavy (non-hydrogen) atoms. The van der Waals surface area contributed by atoms with Crippen LogP contribution in [0.5, 0.6) is 17.2 Å². The molecule has 0 radical (unpaired) electrons. The van der Waals surface area contributed by atoms with Gasteiger partial charge in [0.25, 0.3) is 0 Å². The molecule has 0 saturated heterocycles. The van der Waals surface area contributed by atoms with Crippen molar-refractivity contribution in [3.63, 3.8) is 0 Å². The average Bonchev–Trinajstić information content (AvgIpc) is 2.47. The summed E-state index contributed by atoms with van der Waals surface area (Å²) in [5.74, 6) is -0.957. The summed E-state index contributed by atoms with van der Waals surface area (Å²) in [5.41, 5.74) is 0.398. The maximum Gasteiger partial charge on any atom is 0.200 e. The van der Waals surface area contributed by atoms with Crippen LogP contribution in [0.2, 0.25) is 5.02 Å². The van der Waals surface area contributed by atoms with Crippen molar-refractivity contribution in [1.29, 1.82) is 0 Å². The Hall–Kier alpha value is -2.66. The Morgan fingerprint density at radius 2 is 1.71 bits per heavy atom. The molecule has 3 aromatic rings. The van der Waals surface area contributed by atoms with E-state index in [1.807, 2.05) is 0 Å². The molecule has 6 heteroatoms. The number of fused-ring (bicyclic) bond motifs is 1. The highest BCUT2D eigenvalue weighted by Crippen LogP contribution is 2.39. The first-order valence-electron chi connectivity index (χ1n) is 5.94. The van der Waals surface area contributed by atoms with E-state index in [0.29, 0.717) is 5.56 Å². The Balaban J connectivity index is 2.33. The van der Waals surface area contributed by atoms with Crippen LogP contribution in [0, 0.1) is 0 Å². The van der Waals surface area contributed by atoms with Gasteiger partial charge in [-0.05, 0) is 23.8 Å². The first-order valence-corrected chi connectivity index (χ1v) is 6.32. The molecule has 0 amide bonds. The average molecular weight is 305 g/mol. The molecule has 0 bridgehead atoms. The summed E-state index contributed by atoms with van der Waals surface area (Å²) in [5, 5.41) is 28.2. The Morgan fingerprint density at radius 1 is 1.05 bits per heavy atom. The number of phenolic OH excluding ortho intramolecular Hbond substituents is 3. The van der Waals surface area contributed by atoms with Gasteiger partial charge in [-0.3, -0.25) is 4.79 Å². The number of hydrogen-bond donors (Lipinski definition) is 3. The third-order valence-corrected chi connectivity index (χ3v) is 3.49. The molecular formula is C15H9ClO5. The molecule has 0 saturated carbocycles. The Labute approximate surface area is 123 Å². The number of aromatic hydroxyl groups is 3. The van der Waals surface area contributed by atoms with Crippen LogP contribution in [0.4, 0.5) is 0 Å². The maximum atomic E-state index is 12.5. The quantitative estimate of drug-likeness (QED) is 0.600. The van der Waals surface area contributed by atoms with Crippen molar-refractivity contribution in [1.82, 2.24) is 0 Å². The summed E-state index contributed by atoms with van der Waals surface area (Å²) in [6.07, 6.45) is 1.22. The van der Waals surface area contributed by atoms with E-state index in [-0.39, 0.29) is 27.3 Å². The highest BCUT2D eigenvalue weighted by Gasteiger charge is 2.17. The molecule has 3 N–H and O–H groups in total. The number of benzene rings is 2. The summed E-state index contributed by atoms with van der Waals surface area (Å²) in [6.45, 7) is 0. The van der Waals surface area contributed by atoms with E-state index in [1.165, 1.54) is 18.4 Å². The third-order valence-electron chi connectivity index (χ3n) is 3.14. The first kappa shape index (κ1) is 13.3. The van der Waals surface area contributed by atoms with E-state index in [2.05, 4.69) is 0 Å². The molecule has 0 aliphatic rings. The van der Waals surface area contributed by atoms with Gasteiger partial charge in [0.1, 0.15) is 17.0 Å². The lowest BCUT2D eigenvalue weighted by molar-refractivity contribution is 0.404. The molecule has 3 rings (SSSR count). The van der Waals surface area contributed by atoms with Crippen molar-refractivity contribution < 1.29 is 19.7 Å². The van der Waals surface area contributed by atoms with Gasteiger partial charge in [-0.25, -0.2) is 0 Å². The SMILES string of the molecule is O=c1c(-c2ccc(O)cc2)coc2c(Cl)c(O)c(O)cc12. The van der Waals surface area contributed by atoms with Gasteiger partial charge in [-0.15, -0.1) is 0 Å². The van der Waals surface area contributed by atoms with Crippen LogP contribution in [-0.4, -0.2) is 15.3 Å². The molecule has 0 spiro atoms. The van der Waals surface area contributed by atoms with Crippen LogP contribution >= 0.6 is 11.6 Å². The Kier molecular flexibility index (Phi) is 2.99. The zero-order valence-corrected chi connectivity index (χ0v) is 11.3. The fourth-order valence-electron chi connectivity index (χ4n) is 2.05. The predicted molar refractivity (Wildman–Crippen MR) is 77.9 cm³/mol. The minimum absolute atomic E-state index is 0.000468. The number of halogens is 1. The van der Waals surface area contributed by atoms with Gasteiger partial charge in [0.05, 0.1) is 10.9 Å². The fourth-order valence-corrected chi connectivity index (χ4v) is 2.29. The smallest absolute Gasteiger partial charge is 0.200 e. The van der Waals surface area contributed by atoms with Crippen molar-refractivity contribution in [2.24, 2.45) is 0 Å². The second-order valence-electron chi connectivity index (χ2n) is 4.46. The number of phenols is 3. The summed E-state index contributed by atoms with van der Waals surface area (Å²) in [7, 11) is 0. The van der Waals surface area contributed by atoms with Crippen molar-refractivity contribution in [2.75, 3.05) is 0 Å². The molecule has 5 nitrogen and oxygen atoms in total. The standard InChI is InChI=1S/C15H9ClO5/c16-12-14(20)11(18)5-9-13(19)10(6-21-15(9)12)7-1-3-8(17)4-2-7/h1-6,17-18,20H. The van der Waals surface area contributed by atoms with Gasteiger partial charge in [-0.1, -0.05) is 23.7 Å². The Bertz CT molecular complexity index is 897. The van der Waals surface area contributed by atoms with Crippen LogP contribution in [0.1, 0.15) is 0 Å². The van der Waals surface area contributed by atoms with Crippen LogP contribution in [-0.2, 0) is 0 Å². The third kappa shape index (κ3) is 2.08. The first-order chi connectivity index (χ1) is 9.99. The zero-order valence-electron chi connectivity index (χ0n) is 10.5. The molecule has 1 aromatic heterocycles. The van der Waals surface area contributed by atoms with E-state index in [0.717, 1.165) is 6.07 Å². The van der Waals surface area contributed by atoms with E-state index < -0.39 is 16.9 Å². The van der Waals surface area contributed by atoms with E-state index in [1.54, 1.807) is 12.1 Å². The lowest BCUT2D eigenvalue weighted by Gasteiger charge is -2.06. The molecule has 1 heterocycles. The molecule has 0 atom stereocenters. The molecule has 0 aliphatic heterocycles. The van der Waals surface area contributed by atoms with Crippen molar-refractivity contribution >= 4 is 22.6 Å². The topological polar surface area (TPSA) is 90.9 Å².